The van der Waals surface area contributed by atoms with Gasteiger partial charge in [0.25, 0.3) is 5.91 Å². The van der Waals surface area contributed by atoms with E-state index in [0.29, 0.717) is 5.56 Å². The van der Waals surface area contributed by atoms with Gasteiger partial charge in [-0.1, -0.05) is 0 Å². The van der Waals surface area contributed by atoms with Crippen molar-refractivity contribution in [2.45, 2.75) is 13.0 Å². The van der Waals surface area contributed by atoms with Crippen LogP contribution in [0.15, 0.2) is 12.4 Å². The number of nitrogens with one attached hydrogen (secondary N) is 2. The molecule has 1 rings (SSSR count). The van der Waals surface area contributed by atoms with Crippen molar-refractivity contribution in [2.75, 3.05) is 6.67 Å². The molecule has 0 aliphatic heterocycles. The lowest BCUT2D eigenvalue weighted by Crippen LogP contribution is -2.33. The van der Waals surface area contributed by atoms with Crippen molar-refractivity contribution in [1.82, 2.24) is 15.5 Å². The normalized spacial score (nSPS) is 12.5. The van der Waals surface area contributed by atoms with E-state index in [1.54, 1.807) is 6.92 Å². The molecule has 12 heavy (non-hydrogen) atoms. The molecule has 5 heteroatoms. The summed E-state index contributed by atoms with van der Waals surface area (Å²) >= 11 is 0. The zero-order valence-corrected chi connectivity index (χ0v) is 6.67. The van der Waals surface area contributed by atoms with Gasteiger partial charge in [-0.05, 0) is 6.92 Å². The molecule has 1 aromatic rings. The number of rotatable bonds is 3. The van der Waals surface area contributed by atoms with Crippen molar-refractivity contribution in [1.29, 1.82) is 0 Å². The van der Waals surface area contributed by atoms with Crippen LogP contribution in [0.25, 0.3) is 0 Å². The zero-order valence-electron chi connectivity index (χ0n) is 6.67. The quantitative estimate of drug-likeness (QED) is 0.695. The molecule has 0 bridgehead atoms. The maximum atomic E-state index is 12.0. The van der Waals surface area contributed by atoms with E-state index >= 15 is 0 Å². The number of amides is 1. The average molecular weight is 171 g/mol. The Morgan fingerprint density at radius 3 is 3.17 bits per heavy atom. The van der Waals surface area contributed by atoms with Crippen LogP contribution in [0.1, 0.15) is 17.3 Å². The van der Waals surface area contributed by atoms with Crippen molar-refractivity contribution in [3.05, 3.63) is 18.0 Å². The smallest absolute Gasteiger partial charge is 0.254 e. The molecule has 0 fully saturated rings. The molecule has 1 aromatic heterocycles. The number of halogens is 1. The molecule has 1 atom stereocenters. The first-order valence-corrected chi connectivity index (χ1v) is 3.59. The molecular formula is C7H10FN3O. The summed E-state index contributed by atoms with van der Waals surface area (Å²) in [4.78, 5) is 11.1. The van der Waals surface area contributed by atoms with E-state index in [0.717, 1.165) is 0 Å². The summed E-state index contributed by atoms with van der Waals surface area (Å²) in [5, 5.41) is 8.55. The topological polar surface area (TPSA) is 57.8 Å². The van der Waals surface area contributed by atoms with Gasteiger partial charge in [0.05, 0.1) is 17.8 Å². The highest BCUT2D eigenvalue weighted by Crippen LogP contribution is 1.94. The van der Waals surface area contributed by atoms with E-state index in [1.807, 2.05) is 0 Å². The molecule has 0 aliphatic rings. The second-order valence-corrected chi connectivity index (χ2v) is 2.52. The van der Waals surface area contributed by atoms with Crippen molar-refractivity contribution < 1.29 is 9.18 Å². The van der Waals surface area contributed by atoms with Crippen LogP contribution in [-0.4, -0.2) is 28.8 Å². The average Bonchev–Trinajstić information content (AvgIpc) is 2.56. The van der Waals surface area contributed by atoms with Crippen molar-refractivity contribution in [2.24, 2.45) is 0 Å². The SMILES string of the molecule is CC(CF)NC(=O)c1cn[nH]c1. The Bertz CT molecular complexity index is 247. The summed E-state index contributed by atoms with van der Waals surface area (Å²) in [6.45, 7) is 1.03. The van der Waals surface area contributed by atoms with Gasteiger partial charge in [-0.15, -0.1) is 0 Å². The van der Waals surface area contributed by atoms with E-state index in [1.165, 1.54) is 12.4 Å². The first-order chi connectivity index (χ1) is 5.74. The molecule has 4 nitrogen and oxygen atoms in total. The minimum absolute atomic E-state index is 0.311. The molecule has 0 aromatic carbocycles. The fourth-order valence-electron chi connectivity index (χ4n) is 0.721. The molecule has 1 heterocycles. The van der Waals surface area contributed by atoms with Crippen LogP contribution in [0.3, 0.4) is 0 Å². The van der Waals surface area contributed by atoms with Crippen LogP contribution >= 0.6 is 0 Å². The highest BCUT2D eigenvalue weighted by molar-refractivity contribution is 5.93. The fraction of sp³-hybridized carbons (Fsp3) is 0.429. The second kappa shape index (κ2) is 3.85. The maximum absolute atomic E-state index is 12.0. The number of carbonyl (C=O) groups excluding carboxylic acids is 1. The van der Waals surface area contributed by atoms with Crippen LogP contribution in [0, 0.1) is 0 Å². The van der Waals surface area contributed by atoms with Crippen LogP contribution in [0.5, 0.6) is 0 Å². The molecule has 0 spiro atoms. The summed E-state index contributed by atoms with van der Waals surface area (Å²) < 4.78 is 12.0. The summed E-state index contributed by atoms with van der Waals surface area (Å²) in [5.74, 6) is -0.311. The van der Waals surface area contributed by atoms with Crippen LogP contribution in [-0.2, 0) is 0 Å². The minimum Gasteiger partial charge on any atom is -0.347 e. The lowest BCUT2D eigenvalue weighted by molar-refractivity contribution is 0.0934. The van der Waals surface area contributed by atoms with E-state index in [2.05, 4.69) is 15.5 Å². The van der Waals surface area contributed by atoms with E-state index in [9.17, 15) is 9.18 Å². The Kier molecular flexibility index (Phi) is 2.79. The number of aromatic nitrogens is 2. The molecule has 0 aliphatic carbocycles. The summed E-state index contributed by atoms with van der Waals surface area (Å²) in [6, 6.07) is -0.451. The third-order valence-electron chi connectivity index (χ3n) is 1.37. The van der Waals surface area contributed by atoms with Crippen molar-refractivity contribution in [3.8, 4) is 0 Å². The van der Waals surface area contributed by atoms with Gasteiger partial charge in [-0.25, -0.2) is 4.39 Å². The largest absolute Gasteiger partial charge is 0.347 e. The maximum Gasteiger partial charge on any atom is 0.254 e. The number of aromatic amines is 1. The van der Waals surface area contributed by atoms with Gasteiger partial charge in [-0.3, -0.25) is 9.89 Å². The summed E-state index contributed by atoms with van der Waals surface area (Å²) in [6.07, 6.45) is 2.85. The highest BCUT2D eigenvalue weighted by atomic mass is 19.1. The van der Waals surface area contributed by atoms with Gasteiger partial charge >= 0.3 is 0 Å². The molecule has 1 unspecified atom stereocenters. The van der Waals surface area contributed by atoms with Crippen molar-refractivity contribution in [3.63, 3.8) is 0 Å². The van der Waals surface area contributed by atoms with E-state index < -0.39 is 12.7 Å². The molecule has 0 radical (unpaired) electrons. The highest BCUT2D eigenvalue weighted by Gasteiger charge is 2.09. The van der Waals surface area contributed by atoms with Gasteiger partial charge < -0.3 is 5.32 Å². The Morgan fingerprint density at radius 1 is 1.92 bits per heavy atom. The third-order valence-corrected chi connectivity index (χ3v) is 1.37. The number of nitrogens with zero attached hydrogens (tertiary/aromatic N) is 1. The summed E-state index contributed by atoms with van der Waals surface area (Å²) in [7, 11) is 0. The third kappa shape index (κ3) is 2.05. The second-order valence-electron chi connectivity index (χ2n) is 2.52. The number of hydrogen-bond acceptors (Lipinski definition) is 2. The number of carbonyl (C=O) groups is 1. The van der Waals surface area contributed by atoms with Gasteiger partial charge in [0.2, 0.25) is 0 Å². The number of hydrogen-bond donors (Lipinski definition) is 2. The number of alkyl halides is 1. The molecule has 1 amide bonds. The molecule has 2 N–H and O–H groups in total. The molecule has 0 saturated carbocycles. The van der Waals surface area contributed by atoms with E-state index in [4.69, 9.17) is 0 Å². The van der Waals surface area contributed by atoms with Crippen molar-refractivity contribution >= 4 is 5.91 Å². The standard InChI is InChI=1S/C7H10FN3O/c1-5(2-8)11-7(12)6-3-9-10-4-6/h3-5H,2H2,1H3,(H,9,10)(H,11,12). The lowest BCUT2D eigenvalue weighted by atomic mass is 10.3. The predicted molar refractivity (Wildman–Crippen MR) is 41.5 cm³/mol. The first kappa shape index (κ1) is 8.70. The lowest BCUT2D eigenvalue weighted by Gasteiger charge is -2.07. The van der Waals surface area contributed by atoms with Crippen LogP contribution in [0.4, 0.5) is 4.39 Å². The predicted octanol–water partition coefficient (Wildman–Crippen LogP) is 0.498. The van der Waals surface area contributed by atoms with E-state index in [-0.39, 0.29) is 5.91 Å². The molecular weight excluding hydrogens is 161 g/mol. The number of H-pyrrole nitrogens is 1. The Hall–Kier alpha value is -1.39. The molecule has 66 valence electrons. The van der Waals surface area contributed by atoms with Gasteiger partial charge in [-0.2, -0.15) is 5.10 Å². The summed E-state index contributed by atoms with van der Waals surface area (Å²) in [5.41, 5.74) is 0.412. The van der Waals surface area contributed by atoms with Gasteiger partial charge in [0.15, 0.2) is 0 Å². The minimum atomic E-state index is -0.566. The first-order valence-electron chi connectivity index (χ1n) is 3.59. The fourth-order valence-corrected chi connectivity index (χ4v) is 0.721. The Labute approximate surface area is 69.2 Å². The zero-order chi connectivity index (χ0) is 8.97. The van der Waals surface area contributed by atoms with Gasteiger partial charge in [0.1, 0.15) is 6.67 Å². The Morgan fingerprint density at radius 2 is 2.67 bits per heavy atom. The molecule has 0 saturated heterocycles. The van der Waals surface area contributed by atoms with Crippen LogP contribution < -0.4 is 5.32 Å². The van der Waals surface area contributed by atoms with Crippen LogP contribution in [0.2, 0.25) is 0 Å². The van der Waals surface area contributed by atoms with Gasteiger partial charge in [0, 0.05) is 6.20 Å². The Balaban J connectivity index is 2.50. The monoisotopic (exact) mass is 171 g/mol.